The fourth-order valence-corrected chi connectivity index (χ4v) is 4.41. The molecule has 186 valence electrons. The van der Waals surface area contributed by atoms with E-state index in [4.69, 9.17) is 9.72 Å². The molecule has 0 unspecified atom stereocenters. The lowest BCUT2D eigenvalue weighted by atomic mass is 9.99. The minimum Gasteiger partial charge on any atom is -0.493 e. The van der Waals surface area contributed by atoms with Crippen molar-refractivity contribution in [2.75, 3.05) is 25.6 Å². The van der Waals surface area contributed by atoms with Crippen molar-refractivity contribution in [2.24, 2.45) is 0 Å². The monoisotopic (exact) mass is 478 g/mol. The molecule has 3 aromatic carbocycles. The van der Waals surface area contributed by atoms with Gasteiger partial charge in [0, 0.05) is 30.9 Å². The number of benzene rings is 3. The number of hydrogen-bond acceptors (Lipinski definition) is 3. The van der Waals surface area contributed by atoms with Gasteiger partial charge in [-0.1, -0.05) is 93.6 Å². The maximum absolute atomic E-state index is 6.29. The summed E-state index contributed by atoms with van der Waals surface area (Å²) in [6.07, 6.45) is 7.51. The van der Waals surface area contributed by atoms with Crippen LogP contribution in [0.5, 0.6) is 5.75 Å². The zero-order valence-corrected chi connectivity index (χ0v) is 21.9. The molecular formula is C33H38N2O. The van der Waals surface area contributed by atoms with Crippen LogP contribution in [-0.2, 0) is 0 Å². The number of hydrogen-bond donors (Lipinski definition) is 0. The fourth-order valence-electron chi connectivity index (χ4n) is 4.41. The number of para-hydroxylation sites is 1. The number of pyridine rings is 1. The third kappa shape index (κ3) is 6.75. The third-order valence-corrected chi connectivity index (χ3v) is 6.53. The Bertz CT molecular complexity index is 1220. The van der Waals surface area contributed by atoms with Gasteiger partial charge in [0.1, 0.15) is 5.75 Å². The molecule has 0 saturated carbocycles. The van der Waals surface area contributed by atoms with Crippen molar-refractivity contribution in [3.8, 4) is 39.4 Å². The number of aromatic nitrogens is 1. The molecule has 0 radical (unpaired) electrons. The Kier molecular flexibility index (Phi) is 9.15. The largest absolute Gasteiger partial charge is 0.493 e. The first-order chi connectivity index (χ1) is 17.7. The van der Waals surface area contributed by atoms with Gasteiger partial charge in [-0.15, -0.1) is 0 Å². The van der Waals surface area contributed by atoms with Crippen LogP contribution in [0.3, 0.4) is 0 Å². The van der Waals surface area contributed by atoms with Crippen LogP contribution in [0.25, 0.3) is 33.6 Å². The Hall–Kier alpha value is -3.59. The molecule has 1 aromatic heterocycles. The van der Waals surface area contributed by atoms with Crippen molar-refractivity contribution >= 4 is 5.69 Å². The second-order valence-electron chi connectivity index (χ2n) is 9.55. The van der Waals surface area contributed by atoms with Crippen molar-refractivity contribution in [2.45, 2.75) is 45.4 Å². The summed E-state index contributed by atoms with van der Waals surface area (Å²) in [7, 11) is 4.13. The van der Waals surface area contributed by atoms with Crippen LogP contribution in [0, 0.1) is 0 Å². The molecule has 3 nitrogen and oxygen atoms in total. The summed E-state index contributed by atoms with van der Waals surface area (Å²) in [4.78, 5) is 7.22. The molecule has 0 aliphatic heterocycles. The molecule has 0 N–H and O–H groups in total. The first-order valence-electron chi connectivity index (χ1n) is 13.2. The van der Waals surface area contributed by atoms with E-state index in [9.17, 15) is 0 Å². The number of anilines is 1. The Balaban J connectivity index is 1.64. The van der Waals surface area contributed by atoms with Gasteiger partial charge < -0.3 is 9.64 Å². The molecule has 4 aromatic rings. The Morgan fingerprint density at radius 2 is 1.31 bits per heavy atom. The standard InChI is InChI=1S/C33H38N2O/c1-4-5-6-7-8-14-23-36-33-18-13-12-17-30(33)32-25-28(26-19-21-29(22-20-26)35(2)3)24-31(34-32)27-15-10-9-11-16-27/h9-13,15-22,24-25H,4-8,14,23H2,1-3H3. The SMILES string of the molecule is CCCCCCCCOc1ccccc1-c1cc(-c2ccc(N(C)C)cc2)cc(-c2ccccc2)n1. The fraction of sp³-hybridized carbons (Fsp3) is 0.303. The lowest BCUT2D eigenvalue weighted by molar-refractivity contribution is 0.305. The predicted molar refractivity (Wildman–Crippen MR) is 154 cm³/mol. The van der Waals surface area contributed by atoms with E-state index in [1.807, 2.05) is 12.1 Å². The minimum atomic E-state index is 0.736. The zero-order valence-electron chi connectivity index (χ0n) is 21.9. The maximum atomic E-state index is 6.29. The molecule has 0 aliphatic rings. The minimum absolute atomic E-state index is 0.736. The van der Waals surface area contributed by atoms with Gasteiger partial charge in [-0.25, -0.2) is 4.98 Å². The van der Waals surface area contributed by atoms with E-state index >= 15 is 0 Å². The highest BCUT2D eigenvalue weighted by atomic mass is 16.5. The van der Waals surface area contributed by atoms with Crippen LogP contribution in [0.2, 0.25) is 0 Å². The second kappa shape index (κ2) is 12.9. The lowest BCUT2D eigenvalue weighted by Crippen LogP contribution is -2.07. The Labute approximate surface area is 216 Å². The molecule has 0 atom stereocenters. The molecule has 1 heterocycles. The predicted octanol–water partition coefficient (Wildman–Crippen LogP) is 8.89. The highest BCUT2D eigenvalue weighted by Crippen LogP contribution is 2.35. The Morgan fingerprint density at radius 1 is 0.639 bits per heavy atom. The summed E-state index contributed by atoms with van der Waals surface area (Å²) in [6, 6.07) is 31.8. The molecule has 0 spiro atoms. The molecule has 0 fully saturated rings. The number of rotatable bonds is 12. The number of nitrogens with zero attached hydrogens (tertiary/aromatic N) is 2. The van der Waals surface area contributed by atoms with Gasteiger partial charge in [-0.3, -0.25) is 0 Å². The summed E-state index contributed by atoms with van der Waals surface area (Å²) in [6.45, 7) is 2.99. The van der Waals surface area contributed by atoms with Crippen LogP contribution < -0.4 is 9.64 Å². The summed E-state index contributed by atoms with van der Waals surface area (Å²) < 4.78 is 6.29. The van der Waals surface area contributed by atoms with E-state index in [-0.39, 0.29) is 0 Å². The van der Waals surface area contributed by atoms with E-state index in [2.05, 4.69) is 105 Å². The molecule has 3 heteroatoms. The molecule has 36 heavy (non-hydrogen) atoms. The van der Waals surface area contributed by atoms with E-state index in [1.54, 1.807) is 0 Å². The molecule has 0 amide bonds. The van der Waals surface area contributed by atoms with Crippen molar-refractivity contribution in [3.05, 3.63) is 91.0 Å². The molecule has 4 rings (SSSR count). The van der Waals surface area contributed by atoms with Crippen LogP contribution in [-0.4, -0.2) is 25.7 Å². The average molecular weight is 479 g/mol. The van der Waals surface area contributed by atoms with E-state index in [0.717, 1.165) is 46.9 Å². The topological polar surface area (TPSA) is 25.4 Å². The quantitative estimate of drug-likeness (QED) is 0.190. The van der Waals surface area contributed by atoms with Gasteiger partial charge in [0.15, 0.2) is 0 Å². The maximum Gasteiger partial charge on any atom is 0.128 e. The smallest absolute Gasteiger partial charge is 0.128 e. The van der Waals surface area contributed by atoms with Gasteiger partial charge >= 0.3 is 0 Å². The van der Waals surface area contributed by atoms with Gasteiger partial charge in [0.05, 0.1) is 18.0 Å². The molecule has 0 saturated heterocycles. The van der Waals surface area contributed by atoms with Crippen molar-refractivity contribution in [3.63, 3.8) is 0 Å². The molecule has 0 aliphatic carbocycles. The molecule has 0 bridgehead atoms. The first kappa shape index (κ1) is 25.5. The highest BCUT2D eigenvalue weighted by molar-refractivity contribution is 5.79. The summed E-state index contributed by atoms with van der Waals surface area (Å²) in [5.41, 5.74) is 7.54. The van der Waals surface area contributed by atoms with Crippen molar-refractivity contribution < 1.29 is 4.74 Å². The lowest BCUT2D eigenvalue weighted by Gasteiger charge is -2.15. The second-order valence-corrected chi connectivity index (χ2v) is 9.55. The average Bonchev–Trinajstić information content (AvgIpc) is 2.93. The van der Waals surface area contributed by atoms with Gasteiger partial charge in [0.2, 0.25) is 0 Å². The van der Waals surface area contributed by atoms with E-state index in [1.165, 1.54) is 43.4 Å². The van der Waals surface area contributed by atoms with Crippen molar-refractivity contribution in [1.29, 1.82) is 0 Å². The van der Waals surface area contributed by atoms with Crippen LogP contribution in [0.1, 0.15) is 45.4 Å². The summed E-state index contributed by atoms with van der Waals surface area (Å²) in [5, 5.41) is 0. The van der Waals surface area contributed by atoms with E-state index in [0.29, 0.717) is 0 Å². The van der Waals surface area contributed by atoms with Crippen LogP contribution in [0.4, 0.5) is 5.69 Å². The summed E-state index contributed by atoms with van der Waals surface area (Å²) in [5.74, 6) is 0.901. The van der Waals surface area contributed by atoms with Gasteiger partial charge in [-0.2, -0.15) is 0 Å². The highest BCUT2D eigenvalue weighted by Gasteiger charge is 2.13. The molecular weight excluding hydrogens is 440 g/mol. The normalized spacial score (nSPS) is 10.9. The van der Waals surface area contributed by atoms with E-state index < -0.39 is 0 Å². The van der Waals surface area contributed by atoms with Gasteiger partial charge in [-0.05, 0) is 53.9 Å². The number of ether oxygens (including phenoxy) is 1. The number of unbranched alkanes of at least 4 members (excludes halogenated alkanes) is 5. The zero-order chi connectivity index (χ0) is 25.2. The van der Waals surface area contributed by atoms with Crippen LogP contribution in [0.15, 0.2) is 91.0 Å². The Morgan fingerprint density at radius 3 is 2.06 bits per heavy atom. The third-order valence-electron chi connectivity index (χ3n) is 6.53. The van der Waals surface area contributed by atoms with Crippen molar-refractivity contribution in [1.82, 2.24) is 4.98 Å². The first-order valence-corrected chi connectivity index (χ1v) is 13.2. The summed E-state index contributed by atoms with van der Waals surface area (Å²) >= 11 is 0. The van der Waals surface area contributed by atoms with Gasteiger partial charge in [0.25, 0.3) is 0 Å². The van der Waals surface area contributed by atoms with Crippen LogP contribution >= 0.6 is 0 Å².